The van der Waals surface area contributed by atoms with Crippen LogP contribution in [0.2, 0.25) is 0 Å². The zero-order valence-electron chi connectivity index (χ0n) is 16.7. The van der Waals surface area contributed by atoms with Crippen LogP contribution in [-0.4, -0.2) is 33.4 Å². The van der Waals surface area contributed by atoms with E-state index in [-0.39, 0.29) is 12.1 Å². The van der Waals surface area contributed by atoms with Gasteiger partial charge in [0.1, 0.15) is 5.82 Å². The third kappa shape index (κ3) is 4.41. The van der Waals surface area contributed by atoms with Crippen LogP contribution in [0.4, 0.5) is 11.5 Å². The van der Waals surface area contributed by atoms with Gasteiger partial charge in [-0.3, -0.25) is 9.98 Å². The van der Waals surface area contributed by atoms with E-state index in [2.05, 4.69) is 26.3 Å². The zero-order valence-corrected chi connectivity index (χ0v) is 16.7. The van der Waals surface area contributed by atoms with E-state index < -0.39 is 0 Å². The van der Waals surface area contributed by atoms with E-state index in [9.17, 15) is 5.11 Å². The molecule has 0 bridgehead atoms. The Morgan fingerprint density at radius 2 is 2.13 bits per heavy atom. The van der Waals surface area contributed by atoms with Crippen molar-refractivity contribution in [3.63, 3.8) is 0 Å². The zero-order chi connectivity index (χ0) is 20.9. The monoisotopic (exact) mass is 402 g/mol. The number of rotatable bonds is 6. The van der Waals surface area contributed by atoms with E-state index in [1.54, 1.807) is 18.5 Å². The second kappa shape index (κ2) is 8.92. The van der Waals surface area contributed by atoms with E-state index >= 15 is 0 Å². The fourth-order valence-electron chi connectivity index (χ4n) is 3.66. The molecule has 0 radical (unpaired) electrons. The van der Waals surface area contributed by atoms with Crippen LogP contribution in [0.1, 0.15) is 30.5 Å². The molecule has 2 unspecified atom stereocenters. The fraction of sp³-hybridized carbons (Fsp3) is 0.261. The smallest absolute Gasteiger partial charge is 0.150 e. The van der Waals surface area contributed by atoms with Crippen molar-refractivity contribution >= 4 is 34.2 Å². The van der Waals surface area contributed by atoms with Gasteiger partial charge >= 0.3 is 0 Å². The lowest BCUT2D eigenvalue weighted by atomic mass is 10.1. The minimum Gasteiger partial charge on any atom is -0.404 e. The number of benzene rings is 1. The first-order valence-corrected chi connectivity index (χ1v) is 10.1. The topological polar surface area (TPSA) is 122 Å². The molecule has 154 valence electrons. The van der Waals surface area contributed by atoms with Gasteiger partial charge in [-0.2, -0.15) is 0 Å². The van der Waals surface area contributed by atoms with E-state index in [1.807, 2.05) is 30.3 Å². The molecule has 7 heteroatoms. The highest BCUT2D eigenvalue weighted by molar-refractivity contribution is 6.09. The summed E-state index contributed by atoms with van der Waals surface area (Å²) in [6, 6.07) is 13.6. The van der Waals surface area contributed by atoms with Gasteiger partial charge in [0.25, 0.3) is 0 Å². The maximum atomic E-state index is 9.96. The van der Waals surface area contributed by atoms with Crippen molar-refractivity contribution in [3.05, 3.63) is 66.1 Å². The SMILES string of the molecule is NC=C(C=NC1CCCC1O)c1ccc(N)c(NCc2ccc3ncccc3c2)n1. The Labute approximate surface area is 175 Å². The Hall–Kier alpha value is -3.45. The average Bonchev–Trinajstić information content (AvgIpc) is 3.18. The van der Waals surface area contributed by atoms with Crippen LogP contribution in [0.15, 0.2) is 59.9 Å². The second-order valence-corrected chi connectivity index (χ2v) is 7.48. The van der Waals surface area contributed by atoms with Gasteiger partial charge in [0.15, 0.2) is 0 Å². The van der Waals surface area contributed by atoms with E-state index in [4.69, 9.17) is 11.5 Å². The summed E-state index contributed by atoms with van der Waals surface area (Å²) in [5.74, 6) is 0.590. The largest absolute Gasteiger partial charge is 0.404 e. The number of pyridine rings is 2. The standard InChI is InChI=1S/C23H26N6O/c24-12-17(14-27-21-4-1-5-22(21)30)20-9-7-18(25)23(29-20)28-13-15-6-8-19-16(11-15)3-2-10-26-19/h2-3,6-12,14,21-22,30H,1,4-5,13,24-25H2,(H,28,29). The maximum absolute atomic E-state index is 9.96. The predicted molar refractivity (Wildman–Crippen MR) is 122 cm³/mol. The lowest BCUT2D eigenvalue weighted by molar-refractivity contribution is 0.166. The first-order valence-electron chi connectivity index (χ1n) is 10.1. The first-order chi connectivity index (χ1) is 14.6. The summed E-state index contributed by atoms with van der Waals surface area (Å²) in [4.78, 5) is 13.5. The summed E-state index contributed by atoms with van der Waals surface area (Å²) in [6.07, 6.45) is 7.25. The van der Waals surface area contributed by atoms with Crippen molar-refractivity contribution in [1.82, 2.24) is 9.97 Å². The van der Waals surface area contributed by atoms with Gasteiger partial charge in [0.05, 0.1) is 29.0 Å². The average molecular weight is 403 g/mol. The van der Waals surface area contributed by atoms with Crippen molar-refractivity contribution in [2.24, 2.45) is 10.7 Å². The molecule has 1 fully saturated rings. The molecular weight excluding hydrogens is 376 g/mol. The molecule has 2 heterocycles. The number of nitrogens with two attached hydrogens (primary N) is 2. The molecule has 4 rings (SSSR count). The number of nitrogens with zero attached hydrogens (tertiary/aromatic N) is 3. The highest BCUT2D eigenvalue weighted by Crippen LogP contribution is 2.24. The fourth-order valence-corrected chi connectivity index (χ4v) is 3.66. The van der Waals surface area contributed by atoms with Crippen LogP contribution < -0.4 is 16.8 Å². The first kappa shape index (κ1) is 19.8. The maximum Gasteiger partial charge on any atom is 0.150 e. The summed E-state index contributed by atoms with van der Waals surface area (Å²) < 4.78 is 0. The molecule has 6 N–H and O–H groups in total. The predicted octanol–water partition coefficient (Wildman–Crippen LogP) is 3.11. The summed E-state index contributed by atoms with van der Waals surface area (Å²) in [6.45, 7) is 0.579. The van der Waals surface area contributed by atoms with Crippen LogP contribution in [0.5, 0.6) is 0 Å². The van der Waals surface area contributed by atoms with Crippen LogP contribution in [0.3, 0.4) is 0 Å². The lowest BCUT2D eigenvalue weighted by Crippen LogP contribution is -2.16. The number of anilines is 2. The molecule has 2 aromatic heterocycles. The molecule has 1 aliphatic carbocycles. The Morgan fingerprint density at radius 1 is 1.23 bits per heavy atom. The minimum absolute atomic E-state index is 0.0753. The van der Waals surface area contributed by atoms with E-state index in [1.165, 1.54) is 6.20 Å². The van der Waals surface area contributed by atoms with E-state index in [0.29, 0.717) is 29.3 Å². The molecule has 1 saturated carbocycles. The number of hydrogen-bond acceptors (Lipinski definition) is 7. The number of aliphatic imine (C=N–C) groups is 1. The Kier molecular flexibility index (Phi) is 5.90. The number of hydrogen-bond donors (Lipinski definition) is 4. The molecule has 3 aromatic rings. The Balaban J connectivity index is 1.49. The number of fused-ring (bicyclic) bond motifs is 1. The molecule has 0 spiro atoms. The van der Waals surface area contributed by atoms with Crippen LogP contribution >= 0.6 is 0 Å². The number of aliphatic hydroxyl groups excluding tert-OH is 1. The van der Waals surface area contributed by atoms with Crippen molar-refractivity contribution in [2.75, 3.05) is 11.1 Å². The van der Waals surface area contributed by atoms with Crippen molar-refractivity contribution in [2.45, 2.75) is 38.0 Å². The van der Waals surface area contributed by atoms with Crippen molar-refractivity contribution < 1.29 is 5.11 Å². The number of allylic oxidation sites excluding steroid dienone is 1. The summed E-state index contributed by atoms with van der Waals surface area (Å²) in [5.41, 5.74) is 15.9. The van der Waals surface area contributed by atoms with Crippen LogP contribution in [-0.2, 0) is 6.54 Å². The van der Waals surface area contributed by atoms with Gasteiger partial charge in [-0.15, -0.1) is 0 Å². The third-order valence-corrected chi connectivity index (χ3v) is 5.38. The molecule has 2 atom stereocenters. The van der Waals surface area contributed by atoms with Gasteiger partial charge < -0.3 is 21.9 Å². The van der Waals surface area contributed by atoms with Gasteiger partial charge in [-0.25, -0.2) is 4.98 Å². The molecule has 0 amide bonds. The van der Waals surface area contributed by atoms with Gasteiger partial charge in [0, 0.05) is 36.1 Å². The molecule has 7 nitrogen and oxygen atoms in total. The third-order valence-electron chi connectivity index (χ3n) is 5.38. The summed E-state index contributed by atoms with van der Waals surface area (Å²) in [5, 5.41) is 14.4. The Morgan fingerprint density at radius 3 is 2.93 bits per heavy atom. The second-order valence-electron chi connectivity index (χ2n) is 7.48. The van der Waals surface area contributed by atoms with Crippen molar-refractivity contribution in [3.8, 4) is 0 Å². The number of aliphatic hydroxyl groups is 1. The highest BCUT2D eigenvalue weighted by atomic mass is 16.3. The molecule has 0 aliphatic heterocycles. The van der Waals surface area contributed by atoms with Crippen LogP contribution in [0, 0.1) is 0 Å². The van der Waals surface area contributed by atoms with Gasteiger partial charge in [-0.05, 0) is 55.2 Å². The molecular formula is C23H26N6O. The van der Waals surface area contributed by atoms with E-state index in [0.717, 1.165) is 35.7 Å². The number of nitrogens with one attached hydrogen (secondary N) is 1. The number of nitrogen functional groups attached to an aromatic ring is 1. The normalized spacial score (nSPS) is 19.6. The highest BCUT2D eigenvalue weighted by Gasteiger charge is 2.23. The minimum atomic E-state index is -0.381. The molecule has 1 aliphatic rings. The molecule has 1 aromatic carbocycles. The lowest BCUT2D eigenvalue weighted by Gasteiger charge is -2.12. The summed E-state index contributed by atoms with van der Waals surface area (Å²) >= 11 is 0. The number of aromatic nitrogens is 2. The quantitative estimate of drug-likeness (QED) is 0.470. The Bertz CT molecular complexity index is 1090. The molecule has 0 saturated heterocycles. The summed E-state index contributed by atoms with van der Waals surface area (Å²) in [7, 11) is 0. The van der Waals surface area contributed by atoms with Crippen molar-refractivity contribution in [1.29, 1.82) is 0 Å². The molecule has 30 heavy (non-hydrogen) atoms. The van der Waals surface area contributed by atoms with Crippen LogP contribution in [0.25, 0.3) is 16.5 Å². The van der Waals surface area contributed by atoms with Gasteiger partial charge in [-0.1, -0.05) is 12.1 Å². The van der Waals surface area contributed by atoms with Gasteiger partial charge in [0.2, 0.25) is 0 Å².